The average molecular weight is 396 g/mol. The lowest BCUT2D eigenvalue weighted by atomic mass is 9.80. The number of carbonyl (C=O) groups excluding carboxylic acids is 3. The first-order chi connectivity index (χ1) is 13.8. The summed E-state index contributed by atoms with van der Waals surface area (Å²) in [6, 6.07) is 8.29. The lowest BCUT2D eigenvalue weighted by Gasteiger charge is -2.33. The van der Waals surface area contributed by atoms with Crippen LogP contribution in [0, 0.1) is 11.3 Å². The second kappa shape index (κ2) is 6.85. The van der Waals surface area contributed by atoms with Crippen LogP contribution in [0.15, 0.2) is 24.3 Å². The number of hydrogen-bond acceptors (Lipinski definition) is 5. The second-order valence-corrected chi connectivity index (χ2v) is 8.61. The first kappa shape index (κ1) is 19.4. The highest BCUT2D eigenvalue weighted by Gasteiger charge is 2.56. The Labute approximate surface area is 168 Å². The molecule has 1 spiro atoms. The molecule has 1 aliphatic carbocycles. The van der Waals surface area contributed by atoms with Crippen LogP contribution in [0.5, 0.6) is 0 Å². The summed E-state index contributed by atoms with van der Waals surface area (Å²) in [7, 11) is 0. The zero-order valence-corrected chi connectivity index (χ0v) is 16.3. The number of amides is 3. The van der Waals surface area contributed by atoms with Crippen molar-refractivity contribution < 1.29 is 19.5 Å². The zero-order chi connectivity index (χ0) is 20.8. The van der Waals surface area contributed by atoms with Crippen molar-refractivity contribution in [3.63, 3.8) is 0 Å². The van der Waals surface area contributed by atoms with Crippen LogP contribution in [0.25, 0.3) is 0 Å². The molecule has 2 atom stereocenters. The Morgan fingerprint density at radius 1 is 1.31 bits per heavy atom. The molecule has 3 N–H and O–H groups in total. The molecule has 3 aliphatic rings. The highest BCUT2D eigenvalue weighted by molar-refractivity contribution is 6.35. The summed E-state index contributed by atoms with van der Waals surface area (Å²) in [5.74, 6) is -1.80. The summed E-state index contributed by atoms with van der Waals surface area (Å²) in [6.45, 7) is 1.77. The molecule has 4 rings (SSSR count). The van der Waals surface area contributed by atoms with Crippen molar-refractivity contribution in [2.45, 2.75) is 62.1 Å². The quantitative estimate of drug-likeness (QED) is 0.607. The fraction of sp³-hybridized carbons (Fsp3) is 0.524. The topological polar surface area (TPSA) is 123 Å². The molecule has 2 heterocycles. The Kier molecular flexibility index (Phi) is 4.58. The first-order valence-corrected chi connectivity index (χ1v) is 9.90. The van der Waals surface area contributed by atoms with E-state index < -0.39 is 28.9 Å². The minimum Gasteiger partial charge on any atom is -0.390 e. The number of para-hydroxylation sites is 1. The summed E-state index contributed by atoms with van der Waals surface area (Å²) in [5.41, 5.74) is -0.296. The number of likely N-dealkylation sites (tertiary alicyclic amines) is 1. The molecule has 0 radical (unpaired) electrons. The second-order valence-electron chi connectivity index (χ2n) is 8.61. The molecule has 1 saturated carbocycles. The van der Waals surface area contributed by atoms with Gasteiger partial charge in [0.25, 0.3) is 0 Å². The zero-order valence-electron chi connectivity index (χ0n) is 16.3. The molecule has 3 amide bonds. The molecule has 29 heavy (non-hydrogen) atoms. The Balaban J connectivity index is 1.50. The maximum Gasteiger partial charge on any atom is 0.313 e. The molecular formula is C21H24N4O4. The minimum absolute atomic E-state index is 0.000293. The molecular weight excluding hydrogens is 372 g/mol. The Bertz CT molecular complexity index is 912. The van der Waals surface area contributed by atoms with Crippen molar-refractivity contribution >= 4 is 23.4 Å². The molecule has 2 aliphatic heterocycles. The van der Waals surface area contributed by atoms with Gasteiger partial charge in [-0.05, 0) is 44.2 Å². The fourth-order valence-corrected chi connectivity index (χ4v) is 4.73. The van der Waals surface area contributed by atoms with Gasteiger partial charge in [0.05, 0.1) is 17.1 Å². The van der Waals surface area contributed by atoms with Crippen LogP contribution in [-0.2, 0) is 19.8 Å². The van der Waals surface area contributed by atoms with Gasteiger partial charge in [-0.3, -0.25) is 14.4 Å². The van der Waals surface area contributed by atoms with E-state index in [-0.39, 0.29) is 24.9 Å². The molecule has 0 aromatic heterocycles. The molecule has 1 saturated heterocycles. The van der Waals surface area contributed by atoms with Gasteiger partial charge in [-0.25, -0.2) is 0 Å². The molecule has 8 heteroatoms. The normalized spacial score (nSPS) is 33.1. The van der Waals surface area contributed by atoms with Gasteiger partial charge >= 0.3 is 11.8 Å². The van der Waals surface area contributed by atoms with E-state index in [9.17, 15) is 24.8 Å². The van der Waals surface area contributed by atoms with Gasteiger partial charge in [0.15, 0.2) is 0 Å². The number of carbonyl (C=O) groups is 3. The Morgan fingerprint density at radius 3 is 2.69 bits per heavy atom. The van der Waals surface area contributed by atoms with Gasteiger partial charge in [0.1, 0.15) is 6.04 Å². The highest BCUT2D eigenvalue weighted by Crippen LogP contribution is 2.46. The number of nitrogens with one attached hydrogen (secondary N) is 2. The van der Waals surface area contributed by atoms with Crippen molar-refractivity contribution in [1.29, 1.82) is 5.26 Å². The highest BCUT2D eigenvalue weighted by atomic mass is 16.3. The number of nitrogens with zero attached hydrogens (tertiary/aromatic N) is 2. The van der Waals surface area contributed by atoms with Crippen LogP contribution in [0.1, 0.15) is 44.6 Å². The lowest BCUT2D eigenvalue weighted by molar-refractivity contribution is -0.146. The summed E-state index contributed by atoms with van der Waals surface area (Å²) < 4.78 is 0. The average Bonchev–Trinajstić information content (AvgIpc) is 3.22. The van der Waals surface area contributed by atoms with E-state index in [0.717, 1.165) is 5.56 Å². The smallest absolute Gasteiger partial charge is 0.313 e. The van der Waals surface area contributed by atoms with E-state index in [1.54, 1.807) is 13.0 Å². The lowest BCUT2D eigenvalue weighted by Crippen LogP contribution is -2.50. The number of nitriles is 1. The maximum atomic E-state index is 12.9. The maximum absolute atomic E-state index is 12.9. The summed E-state index contributed by atoms with van der Waals surface area (Å²) in [5, 5.41) is 25.2. The molecule has 2 fully saturated rings. The third-order valence-corrected chi connectivity index (χ3v) is 6.49. The van der Waals surface area contributed by atoms with Gasteiger partial charge in [-0.15, -0.1) is 0 Å². The minimum atomic E-state index is -1.00. The Hall–Kier alpha value is -2.92. The van der Waals surface area contributed by atoms with Crippen LogP contribution in [0.3, 0.4) is 0 Å². The predicted octanol–water partition coefficient (Wildman–Crippen LogP) is 0.811. The van der Waals surface area contributed by atoms with Gasteiger partial charge < -0.3 is 20.6 Å². The fourth-order valence-electron chi connectivity index (χ4n) is 4.73. The summed E-state index contributed by atoms with van der Waals surface area (Å²) in [6.07, 6.45) is 2.45. The van der Waals surface area contributed by atoms with Crippen LogP contribution < -0.4 is 10.6 Å². The molecule has 0 unspecified atom stereocenters. The van der Waals surface area contributed by atoms with Gasteiger partial charge in [0, 0.05) is 24.7 Å². The van der Waals surface area contributed by atoms with Crippen LogP contribution in [0.2, 0.25) is 0 Å². The number of rotatable bonds is 1. The van der Waals surface area contributed by atoms with Crippen molar-refractivity contribution in [1.82, 2.24) is 10.2 Å². The van der Waals surface area contributed by atoms with Crippen LogP contribution in [0.4, 0.5) is 5.69 Å². The van der Waals surface area contributed by atoms with Crippen molar-refractivity contribution in [3.8, 4) is 6.07 Å². The number of anilines is 1. The molecule has 152 valence electrons. The third-order valence-electron chi connectivity index (χ3n) is 6.49. The van der Waals surface area contributed by atoms with E-state index >= 15 is 0 Å². The van der Waals surface area contributed by atoms with Gasteiger partial charge in [-0.2, -0.15) is 5.26 Å². The number of benzene rings is 1. The van der Waals surface area contributed by atoms with Crippen LogP contribution in [-0.4, -0.2) is 52.0 Å². The van der Waals surface area contributed by atoms with Crippen LogP contribution >= 0.6 is 0 Å². The first-order valence-electron chi connectivity index (χ1n) is 9.90. The number of hydrogen-bond donors (Lipinski definition) is 3. The van der Waals surface area contributed by atoms with E-state index in [2.05, 4.69) is 16.7 Å². The van der Waals surface area contributed by atoms with E-state index in [1.807, 2.05) is 18.2 Å². The van der Waals surface area contributed by atoms with E-state index in [1.165, 1.54) is 4.90 Å². The van der Waals surface area contributed by atoms with E-state index in [0.29, 0.717) is 31.4 Å². The third kappa shape index (κ3) is 3.25. The van der Waals surface area contributed by atoms with Gasteiger partial charge in [0.2, 0.25) is 5.91 Å². The largest absolute Gasteiger partial charge is 0.390 e. The molecule has 1 aromatic carbocycles. The number of aliphatic hydroxyl groups is 1. The van der Waals surface area contributed by atoms with Crippen molar-refractivity contribution in [2.75, 3.05) is 11.9 Å². The van der Waals surface area contributed by atoms with Crippen molar-refractivity contribution in [3.05, 3.63) is 29.8 Å². The Morgan fingerprint density at radius 2 is 2.00 bits per heavy atom. The number of fused-ring (bicyclic) bond motifs is 2. The molecule has 8 nitrogen and oxygen atoms in total. The van der Waals surface area contributed by atoms with Crippen molar-refractivity contribution in [2.24, 2.45) is 0 Å². The summed E-state index contributed by atoms with van der Waals surface area (Å²) >= 11 is 0. The molecule has 1 aromatic rings. The predicted molar refractivity (Wildman–Crippen MR) is 104 cm³/mol. The molecule has 0 bridgehead atoms. The SMILES string of the molecule is CC1(O)CCC(NC(=O)C(=O)N2C[C@]3(C[C@H]2C#N)C(=O)Nc2ccccc23)CC1. The standard InChI is InChI=1S/C21H24N4O4/c1-20(29)8-6-13(7-9-20)23-17(26)18(27)25-12-21(10-14(25)11-22)15-4-2-3-5-16(15)24-19(21)28/h2-5,13-14,29H,6-10,12H2,1H3,(H,23,26)(H,24,28)/t13?,14-,20?,21-/m0/s1. The summed E-state index contributed by atoms with van der Waals surface area (Å²) in [4.78, 5) is 39.4. The van der Waals surface area contributed by atoms with E-state index in [4.69, 9.17) is 0 Å². The monoisotopic (exact) mass is 396 g/mol. The van der Waals surface area contributed by atoms with Gasteiger partial charge in [-0.1, -0.05) is 18.2 Å².